The van der Waals surface area contributed by atoms with Crippen LogP contribution in [0, 0.1) is 0 Å². The molecule has 0 atom stereocenters. The Balaban J connectivity index is 2.32. The van der Waals surface area contributed by atoms with Gasteiger partial charge in [0.2, 0.25) is 0 Å². The summed E-state index contributed by atoms with van der Waals surface area (Å²) in [6, 6.07) is 0. The molecule has 11 heavy (non-hydrogen) atoms. The van der Waals surface area contributed by atoms with Gasteiger partial charge in [-0.05, 0) is 6.42 Å². The van der Waals surface area contributed by atoms with Crippen LogP contribution in [0.2, 0.25) is 0 Å². The Kier molecular flexibility index (Phi) is 3.03. The predicted molar refractivity (Wildman–Crippen MR) is 42.9 cm³/mol. The van der Waals surface area contributed by atoms with E-state index in [1.54, 1.807) is 11.9 Å². The fraction of sp³-hybridized carbons (Fsp3) is 0.600. The monoisotopic (exact) mass is 175 g/mol. The smallest absolute Gasteiger partial charge is 0.333 e. The summed E-state index contributed by atoms with van der Waals surface area (Å²) in [6.45, 7) is 0. The zero-order valence-corrected chi connectivity index (χ0v) is 6.69. The summed E-state index contributed by atoms with van der Waals surface area (Å²) in [5.74, 6) is 1.72. The zero-order chi connectivity index (χ0) is 8.10. The first-order valence-electron chi connectivity index (χ1n) is 3.20. The molecule has 5 nitrogen and oxygen atoms in total. The molecule has 1 amide bonds. The number of rotatable bonds is 1. The molecule has 0 spiro atoms. The molecule has 0 radical (unpaired) electrons. The number of primary amides is 1. The third kappa shape index (κ3) is 3.13. The zero-order valence-electron chi connectivity index (χ0n) is 5.87. The minimum atomic E-state index is -0.880. The van der Waals surface area contributed by atoms with E-state index in [0.29, 0.717) is 5.84 Å². The van der Waals surface area contributed by atoms with Gasteiger partial charge < -0.3 is 10.5 Å². The minimum absolute atomic E-state index is 0.667. The maximum absolute atomic E-state index is 10.1. The number of oxime groups is 1. The van der Waals surface area contributed by atoms with Gasteiger partial charge in [0.25, 0.3) is 0 Å². The van der Waals surface area contributed by atoms with E-state index >= 15 is 0 Å². The minimum Gasteiger partial charge on any atom is -0.333 e. The molecule has 1 aliphatic rings. The van der Waals surface area contributed by atoms with Gasteiger partial charge in [-0.3, -0.25) is 4.84 Å². The highest BCUT2D eigenvalue weighted by Gasteiger charge is 2.06. The summed E-state index contributed by atoms with van der Waals surface area (Å²) in [5, 5.41) is 3.49. The molecule has 0 aromatic carbocycles. The van der Waals surface area contributed by atoms with Crippen LogP contribution in [0.3, 0.4) is 0 Å². The van der Waals surface area contributed by atoms with Crippen molar-refractivity contribution in [2.75, 3.05) is 5.75 Å². The lowest BCUT2D eigenvalue weighted by atomic mass is 10.3. The van der Waals surface area contributed by atoms with Crippen molar-refractivity contribution in [3.63, 3.8) is 0 Å². The first-order chi connectivity index (χ1) is 5.29. The predicted octanol–water partition coefficient (Wildman–Crippen LogP) is 0.427. The lowest BCUT2D eigenvalue weighted by Crippen LogP contribution is -2.23. The van der Waals surface area contributed by atoms with Gasteiger partial charge in [0, 0.05) is 12.2 Å². The van der Waals surface area contributed by atoms with E-state index in [1.165, 1.54) is 0 Å². The van der Waals surface area contributed by atoms with Crippen molar-refractivity contribution in [1.82, 2.24) is 4.72 Å². The van der Waals surface area contributed by atoms with Gasteiger partial charge in [0.05, 0.1) is 0 Å². The molecule has 0 aromatic rings. The molecule has 0 saturated carbocycles. The van der Waals surface area contributed by atoms with Gasteiger partial charge in [-0.1, -0.05) is 17.1 Å². The Morgan fingerprint density at radius 3 is 3.18 bits per heavy atom. The number of nitrogens with zero attached hydrogens (tertiary/aromatic N) is 1. The average Bonchev–Trinajstić information content (AvgIpc) is 2.03. The van der Waals surface area contributed by atoms with E-state index in [1.807, 2.05) is 0 Å². The Morgan fingerprint density at radius 2 is 2.64 bits per heavy atom. The van der Waals surface area contributed by atoms with Gasteiger partial charge in [-0.25, -0.2) is 4.79 Å². The van der Waals surface area contributed by atoms with Crippen molar-refractivity contribution in [2.24, 2.45) is 10.9 Å². The average molecular weight is 175 g/mol. The molecule has 1 heterocycles. The van der Waals surface area contributed by atoms with Crippen LogP contribution in [-0.2, 0) is 4.84 Å². The van der Waals surface area contributed by atoms with Gasteiger partial charge in [-0.2, -0.15) is 0 Å². The Bertz CT molecular complexity index is 175. The second kappa shape index (κ2) is 4.07. The number of hydrogen-bond acceptors (Lipinski definition) is 4. The fourth-order valence-electron chi connectivity index (χ4n) is 0.662. The van der Waals surface area contributed by atoms with Gasteiger partial charge in [0.15, 0.2) is 5.84 Å². The number of carbonyl (C=O) groups excluding carboxylic acids is 1. The molecule has 0 aliphatic carbocycles. The fourth-order valence-corrected chi connectivity index (χ4v) is 1.36. The molecule has 1 fully saturated rings. The van der Waals surface area contributed by atoms with Crippen LogP contribution >= 0.6 is 11.9 Å². The first kappa shape index (κ1) is 8.19. The SMILES string of the molecule is NC(=O)ON=C1CCCSN1. The van der Waals surface area contributed by atoms with Crippen molar-refractivity contribution in [2.45, 2.75) is 12.8 Å². The number of amides is 1. The molecule has 1 rings (SSSR count). The normalized spacial score (nSPS) is 20.9. The van der Waals surface area contributed by atoms with Gasteiger partial charge in [-0.15, -0.1) is 0 Å². The van der Waals surface area contributed by atoms with Crippen LogP contribution in [0.1, 0.15) is 12.8 Å². The summed E-state index contributed by atoms with van der Waals surface area (Å²) in [5.41, 5.74) is 4.71. The van der Waals surface area contributed by atoms with Gasteiger partial charge in [0.1, 0.15) is 0 Å². The molecule has 1 aliphatic heterocycles. The van der Waals surface area contributed by atoms with Crippen LogP contribution < -0.4 is 10.5 Å². The molecule has 1 saturated heterocycles. The third-order valence-electron chi connectivity index (χ3n) is 1.10. The molecule has 6 heteroatoms. The van der Waals surface area contributed by atoms with E-state index in [2.05, 4.69) is 14.7 Å². The van der Waals surface area contributed by atoms with Crippen molar-refractivity contribution in [3.8, 4) is 0 Å². The summed E-state index contributed by atoms with van der Waals surface area (Å²) in [4.78, 5) is 14.3. The van der Waals surface area contributed by atoms with E-state index in [4.69, 9.17) is 5.73 Å². The molecular weight excluding hydrogens is 166 g/mol. The van der Waals surface area contributed by atoms with Crippen LogP contribution in [0.4, 0.5) is 4.79 Å². The van der Waals surface area contributed by atoms with E-state index in [-0.39, 0.29) is 0 Å². The highest BCUT2D eigenvalue weighted by atomic mass is 32.2. The van der Waals surface area contributed by atoms with Crippen LogP contribution in [-0.4, -0.2) is 17.7 Å². The largest absolute Gasteiger partial charge is 0.430 e. The molecule has 62 valence electrons. The highest BCUT2D eigenvalue weighted by Crippen LogP contribution is 2.08. The highest BCUT2D eigenvalue weighted by molar-refractivity contribution is 7.98. The van der Waals surface area contributed by atoms with E-state index in [0.717, 1.165) is 18.6 Å². The van der Waals surface area contributed by atoms with Crippen LogP contribution in [0.15, 0.2) is 5.16 Å². The topological polar surface area (TPSA) is 76.7 Å². The molecular formula is C5H9N3O2S. The Labute approximate surface area is 68.5 Å². The van der Waals surface area contributed by atoms with Gasteiger partial charge >= 0.3 is 6.09 Å². The lowest BCUT2D eigenvalue weighted by Gasteiger charge is -2.12. The summed E-state index contributed by atoms with van der Waals surface area (Å²) in [6.07, 6.45) is 0.966. The van der Waals surface area contributed by atoms with Crippen molar-refractivity contribution < 1.29 is 9.63 Å². The Hall–Kier alpha value is -0.910. The lowest BCUT2D eigenvalue weighted by molar-refractivity contribution is 0.161. The van der Waals surface area contributed by atoms with Crippen molar-refractivity contribution >= 4 is 23.9 Å². The molecule has 3 N–H and O–H groups in total. The second-order valence-electron chi connectivity index (χ2n) is 2.00. The van der Waals surface area contributed by atoms with E-state index < -0.39 is 6.09 Å². The van der Waals surface area contributed by atoms with Crippen molar-refractivity contribution in [1.29, 1.82) is 0 Å². The number of amidine groups is 1. The summed E-state index contributed by atoms with van der Waals surface area (Å²) < 4.78 is 2.91. The number of nitrogens with one attached hydrogen (secondary N) is 1. The summed E-state index contributed by atoms with van der Waals surface area (Å²) in [7, 11) is 0. The molecule has 0 bridgehead atoms. The number of carbonyl (C=O) groups is 1. The standard InChI is InChI=1S/C5H9N3O2S/c6-5(9)10-7-4-2-1-3-11-8-4/h1-3H2,(H2,6,9)(H,7,8). The maximum Gasteiger partial charge on any atom is 0.430 e. The van der Waals surface area contributed by atoms with Crippen molar-refractivity contribution in [3.05, 3.63) is 0 Å². The number of hydrogen-bond donors (Lipinski definition) is 2. The molecule has 0 aromatic heterocycles. The second-order valence-corrected chi connectivity index (χ2v) is 2.90. The Morgan fingerprint density at radius 1 is 1.82 bits per heavy atom. The third-order valence-corrected chi connectivity index (χ3v) is 1.97. The summed E-state index contributed by atoms with van der Waals surface area (Å²) >= 11 is 1.54. The van der Waals surface area contributed by atoms with Crippen LogP contribution in [0.25, 0.3) is 0 Å². The number of nitrogens with two attached hydrogens (primary N) is 1. The van der Waals surface area contributed by atoms with Crippen LogP contribution in [0.5, 0.6) is 0 Å². The quantitative estimate of drug-likeness (QED) is 0.344. The first-order valence-corrected chi connectivity index (χ1v) is 4.19. The van der Waals surface area contributed by atoms with E-state index in [9.17, 15) is 4.79 Å². The maximum atomic E-state index is 10.1. The molecule has 0 unspecified atom stereocenters.